The molecule has 21 heavy (non-hydrogen) atoms. The molecule has 0 aromatic heterocycles. The highest BCUT2D eigenvalue weighted by atomic mass is 19.4. The van der Waals surface area contributed by atoms with Gasteiger partial charge in [-0.1, -0.05) is 25.8 Å². The Labute approximate surface area is 124 Å². The average molecular weight is 299 g/mol. The number of hydrogen-bond donors (Lipinski definition) is 1. The van der Waals surface area contributed by atoms with Crippen LogP contribution in [0.4, 0.5) is 13.2 Å². The molecule has 0 heterocycles. The molecule has 1 aromatic carbocycles. The van der Waals surface area contributed by atoms with Crippen LogP contribution in [0.25, 0.3) is 0 Å². The third kappa shape index (κ3) is 3.79. The first-order valence-electron chi connectivity index (χ1n) is 7.68. The molecule has 1 aliphatic rings. The van der Waals surface area contributed by atoms with Crippen LogP contribution in [-0.4, -0.2) is 7.05 Å². The summed E-state index contributed by atoms with van der Waals surface area (Å²) in [5.74, 6) is 1.21. The van der Waals surface area contributed by atoms with E-state index in [1.807, 2.05) is 7.05 Å². The number of rotatable bonds is 3. The molecule has 0 radical (unpaired) electrons. The van der Waals surface area contributed by atoms with Gasteiger partial charge >= 0.3 is 6.18 Å². The van der Waals surface area contributed by atoms with Gasteiger partial charge in [-0.05, 0) is 61.9 Å². The fourth-order valence-corrected chi connectivity index (χ4v) is 3.63. The maximum atomic E-state index is 12.8. The second-order valence-electron chi connectivity index (χ2n) is 6.37. The largest absolute Gasteiger partial charge is 0.416 e. The van der Waals surface area contributed by atoms with E-state index in [0.29, 0.717) is 11.8 Å². The second-order valence-corrected chi connectivity index (χ2v) is 6.37. The number of nitrogens with one attached hydrogen (secondary N) is 1. The molecule has 3 atom stereocenters. The lowest BCUT2D eigenvalue weighted by Crippen LogP contribution is -2.29. The van der Waals surface area contributed by atoms with Crippen LogP contribution in [0.15, 0.2) is 18.2 Å². The quantitative estimate of drug-likeness (QED) is 0.818. The van der Waals surface area contributed by atoms with Crippen molar-refractivity contribution >= 4 is 0 Å². The first-order chi connectivity index (χ1) is 9.82. The molecule has 0 amide bonds. The molecule has 0 aliphatic heterocycles. The van der Waals surface area contributed by atoms with Gasteiger partial charge in [0.25, 0.3) is 0 Å². The smallest absolute Gasteiger partial charge is 0.313 e. The Kier molecular flexibility index (Phi) is 4.97. The molecule has 4 heteroatoms. The Hall–Kier alpha value is -1.03. The summed E-state index contributed by atoms with van der Waals surface area (Å²) in [4.78, 5) is 0. The number of hydrogen-bond acceptors (Lipinski definition) is 1. The summed E-state index contributed by atoms with van der Waals surface area (Å²) in [5.41, 5.74) is 1.17. The molecule has 1 N–H and O–H groups in total. The van der Waals surface area contributed by atoms with Crippen molar-refractivity contribution < 1.29 is 13.2 Å². The lowest BCUT2D eigenvalue weighted by Gasteiger charge is -2.34. The lowest BCUT2D eigenvalue weighted by molar-refractivity contribution is -0.137. The minimum atomic E-state index is -4.27. The predicted molar refractivity (Wildman–Crippen MR) is 79.1 cm³/mol. The lowest BCUT2D eigenvalue weighted by atomic mass is 9.76. The van der Waals surface area contributed by atoms with E-state index in [1.165, 1.54) is 25.0 Å². The van der Waals surface area contributed by atoms with Crippen molar-refractivity contribution in [2.45, 2.75) is 51.7 Å². The van der Waals surface area contributed by atoms with E-state index in [2.05, 4.69) is 12.2 Å². The molecule has 0 bridgehead atoms. The summed E-state index contributed by atoms with van der Waals surface area (Å²) in [6.07, 6.45) is 0.503. The van der Waals surface area contributed by atoms with Crippen LogP contribution < -0.4 is 5.32 Å². The van der Waals surface area contributed by atoms with Crippen molar-refractivity contribution in [1.82, 2.24) is 5.32 Å². The summed E-state index contributed by atoms with van der Waals surface area (Å²) >= 11 is 0. The van der Waals surface area contributed by atoms with E-state index >= 15 is 0 Å². The molecule has 1 saturated carbocycles. The SMILES string of the molecule is CNC(c1ccc(C(F)(F)F)cc1C)C1CCCC(C)C1. The van der Waals surface area contributed by atoms with Gasteiger partial charge in [0.2, 0.25) is 0 Å². The fraction of sp³-hybridized carbons (Fsp3) is 0.647. The molecule has 0 saturated heterocycles. The minimum Gasteiger partial charge on any atom is -0.313 e. The number of aryl methyl sites for hydroxylation is 1. The predicted octanol–water partition coefficient (Wildman–Crippen LogP) is 5.10. The maximum absolute atomic E-state index is 12.8. The molecular weight excluding hydrogens is 275 g/mol. The maximum Gasteiger partial charge on any atom is 0.416 e. The third-order valence-electron chi connectivity index (χ3n) is 4.69. The van der Waals surface area contributed by atoms with Crippen LogP contribution >= 0.6 is 0 Å². The van der Waals surface area contributed by atoms with E-state index in [4.69, 9.17) is 0 Å². The Morgan fingerprint density at radius 3 is 2.48 bits per heavy atom. The Bertz CT molecular complexity index is 481. The summed E-state index contributed by atoms with van der Waals surface area (Å²) in [5, 5.41) is 3.33. The topological polar surface area (TPSA) is 12.0 Å². The van der Waals surface area contributed by atoms with Gasteiger partial charge in [-0.25, -0.2) is 0 Å². The van der Waals surface area contributed by atoms with Crippen LogP contribution in [-0.2, 0) is 6.18 Å². The molecule has 0 spiro atoms. The van der Waals surface area contributed by atoms with Gasteiger partial charge in [0.1, 0.15) is 0 Å². The van der Waals surface area contributed by atoms with Crippen LogP contribution in [0.2, 0.25) is 0 Å². The van der Waals surface area contributed by atoms with Crippen LogP contribution in [0.3, 0.4) is 0 Å². The normalized spacial score (nSPS) is 24.9. The number of benzene rings is 1. The van der Waals surface area contributed by atoms with Crippen molar-refractivity contribution in [3.05, 3.63) is 34.9 Å². The highest BCUT2D eigenvalue weighted by Crippen LogP contribution is 2.39. The van der Waals surface area contributed by atoms with Crippen molar-refractivity contribution in [3.8, 4) is 0 Å². The fourth-order valence-electron chi connectivity index (χ4n) is 3.63. The molecule has 1 aliphatic carbocycles. The first-order valence-corrected chi connectivity index (χ1v) is 7.68. The van der Waals surface area contributed by atoms with Crippen LogP contribution in [0.5, 0.6) is 0 Å². The zero-order valence-electron chi connectivity index (χ0n) is 12.9. The van der Waals surface area contributed by atoms with Gasteiger partial charge in [0.05, 0.1) is 5.56 Å². The molecule has 1 nitrogen and oxygen atoms in total. The Morgan fingerprint density at radius 2 is 1.95 bits per heavy atom. The van der Waals surface area contributed by atoms with Gasteiger partial charge in [-0.2, -0.15) is 13.2 Å². The zero-order chi connectivity index (χ0) is 15.6. The van der Waals surface area contributed by atoms with Gasteiger partial charge in [0.15, 0.2) is 0 Å². The zero-order valence-corrected chi connectivity index (χ0v) is 12.9. The monoisotopic (exact) mass is 299 g/mol. The van der Waals surface area contributed by atoms with Crippen molar-refractivity contribution in [2.24, 2.45) is 11.8 Å². The molecule has 118 valence electrons. The van der Waals surface area contributed by atoms with E-state index in [0.717, 1.165) is 24.0 Å². The molecular formula is C17H24F3N. The van der Waals surface area contributed by atoms with Crippen molar-refractivity contribution in [2.75, 3.05) is 7.05 Å². The van der Waals surface area contributed by atoms with Crippen LogP contribution in [0.1, 0.15) is 55.3 Å². The minimum absolute atomic E-state index is 0.148. The van der Waals surface area contributed by atoms with E-state index in [1.54, 1.807) is 13.0 Å². The van der Waals surface area contributed by atoms with E-state index in [9.17, 15) is 13.2 Å². The van der Waals surface area contributed by atoms with Gasteiger partial charge in [-0.15, -0.1) is 0 Å². The summed E-state index contributed by atoms with van der Waals surface area (Å²) < 4.78 is 38.3. The van der Waals surface area contributed by atoms with Gasteiger partial charge in [0, 0.05) is 6.04 Å². The van der Waals surface area contributed by atoms with Gasteiger partial charge in [-0.3, -0.25) is 0 Å². The average Bonchev–Trinajstić information content (AvgIpc) is 2.40. The highest BCUT2D eigenvalue weighted by molar-refractivity contribution is 5.35. The highest BCUT2D eigenvalue weighted by Gasteiger charge is 2.32. The third-order valence-corrected chi connectivity index (χ3v) is 4.69. The first kappa shape index (κ1) is 16.3. The number of alkyl halides is 3. The summed E-state index contributed by atoms with van der Waals surface area (Å²) in [6, 6.07) is 4.28. The Balaban J connectivity index is 2.26. The van der Waals surface area contributed by atoms with E-state index < -0.39 is 11.7 Å². The van der Waals surface area contributed by atoms with E-state index in [-0.39, 0.29) is 6.04 Å². The number of halogens is 3. The Morgan fingerprint density at radius 1 is 1.24 bits per heavy atom. The van der Waals surface area contributed by atoms with Gasteiger partial charge < -0.3 is 5.32 Å². The molecule has 1 aromatic rings. The second kappa shape index (κ2) is 6.39. The van der Waals surface area contributed by atoms with Crippen LogP contribution in [0, 0.1) is 18.8 Å². The molecule has 3 unspecified atom stereocenters. The molecule has 1 fully saturated rings. The standard InChI is InChI=1S/C17H24F3N/c1-11-5-4-6-13(9-11)16(21-3)15-8-7-14(10-12(15)2)17(18,19)20/h7-8,10-11,13,16,21H,4-6,9H2,1-3H3. The van der Waals surface area contributed by atoms with Crippen molar-refractivity contribution in [3.63, 3.8) is 0 Å². The van der Waals surface area contributed by atoms with Crippen molar-refractivity contribution in [1.29, 1.82) is 0 Å². The summed E-state index contributed by atoms with van der Waals surface area (Å²) in [7, 11) is 1.90. The molecule has 2 rings (SSSR count). The summed E-state index contributed by atoms with van der Waals surface area (Å²) in [6.45, 7) is 4.04.